The third-order valence-corrected chi connectivity index (χ3v) is 4.28. The van der Waals surface area contributed by atoms with Crippen molar-refractivity contribution in [1.29, 1.82) is 0 Å². The first-order chi connectivity index (χ1) is 12.2. The minimum atomic E-state index is -0.687. The number of likely N-dealkylation sites (N-methyl/N-ethyl adjacent to an activating group) is 1. The van der Waals surface area contributed by atoms with Gasteiger partial charge in [-0.15, -0.1) is 0 Å². The number of halogens is 2. The summed E-state index contributed by atoms with van der Waals surface area (Å²) in [4.78, 5) is 11.2. The molecule has 0 aliphatic carbocycles. The first-order valence-corrected chi connectivity index (χ1v) is 8.37. The topological polar surface area (TPSA) is 58.6 Å². The van der Waals surface area contributed by atoms with E-state index in [0.29, 0.717) is 0 Å². The number of hydrogen-bond acceptors (Lipinski definition) is 3. The average Bonchev–Trinajstić information content (AvgIpc) is 2.61. The lowest BCUT2D eigenvalue weighted by Crippen LogP contribution is -2.25. The molecule has 6 heteroatoms. The number of carbonyl (C=O) groups is 1. The molecule has 0 aromatic heterocycles. The van der Waals surface area contributed by atoms with E-state index in [1.807, 2.05) is 13.8 Å². The van der Waals surface area contributed by atoms with Gasteiger partial charge in [0, 0.05) is 19.5 Å². The summed E-state index contributed by atoms with van der Waals surface area (Å²) in [7, 11) is 1.43. The number of benzene rings is 2. The zero-order chi connectivity index (χ0) is 19.4. The lowest BCUT2D eigenvalue weighted by atomic mass is 9.94. The van der Waals surface area contributed by atoms with Crippen LogP contribution in [0.5, 0.6) is 11.5 Å². The number of hydrogen-bond donors (Lipinski definition) is 2. The van der Waals surface area contributed by atoms with Crippen LogP contribution >= 0.6 is 0 Å². The third kappa shape index (κ3) is 4.31. The zero-order valence-electron chi connectivity index (χ0n) is 15.3. The quantitative estimate of drug-likeness (QED) is 0.820. The molecule has 4 nitrogen and oxygen atoms in total. The lowest BCUT2D eigenvalue weighted by Gasteiger charge is -2.15. The van der Waals surface area contributed by atoms with Crippen LogP contribution in [0.1, 0.15) is 42.0 Å². The molecule has 0 saturated carbocycles. The molecule has 0 spiro atoms. The van der Waals surface area contributed by atoms with E-state index in [4.69, 9.17) is 4.74 Å². The zero-order valence-corrected chi connectivity index (χ0v) is 15.3. The normalized spacial score (nSPS) is 10.9. The standard InChI is InChI=1S/C20H23F2NO3/c1-11(2)14-7-13(5-6-17(14)24)8-15-12(3)20(22)18(9-16(15)21)26-10-19(25)23-4/h5-7,9,11,24H,8,10H2,1-4H3,(H,23,25). The van der Waals surface area contributed by atoms with Crippen molar-refractivity contribution < 1.29 is 23.4 Å². The largest absolute Gasteiger partial charge is 0.508 e. The molecule has 0 heterocycles. The van der Waals surface area contributed by atoms with E-state index >= 15 is 0 Å². The summed E-state index contributed by atoms with van der Waals surface area (Å²) in [5, 5.41) is 12.2. The van der Waals surface area contributed by atoms with Crippen LogP contribution in [-0.4, -0.2) is 24.7 Å². The summed E-state index contributed by atoms with van der Waals surface area (Å²) in [5.41, 5.74) is 1.88. The molecule has 1 amide bonds. The van der Waals surface area contributed by atoms with Crippen LogP contribution in [0.25, 0.3) is 0 Å². The van der Waals surface area contributed by atoms with Crippen molar-refractivity contribution in [3.8, 4) is 11.5 Å². The SMILES string of the molecule is CNC(=O)COc1cc(F)c(Cc2ccc(O)c(C(C)C)c2)c(C)c1F. The van der Waals surface area contributed by atoms with Crippen molar-refractivity contribution in [3.05, 3.63) is 58.2 Å². The number of amides is 1. The second-order valence-corrected chi connectivity index (χ2v) is 6.46. The lowest BCUT2D eigenvalue weighted by molar-refractivity contribution is -0.122. The fourth-order valence-corrected chi connectivity index (χ4v) is 2.68. The summed E-state index contributed by atoms with van der Waals surface area (Å²) >= 11 is 0. The molecular formula is C20H23F2NO3. The van der Waals surface area contributed by atoms with Crippen LogP contribution in [0, 0.1) is 18.6 Å². The smallest absolute Gasteiger partial charge is 0.257 e. The maximum Gasteiger partial charge on any atom is 0.257 e. The van der Waals surface area contributed by atoms with Crippen molar-refractivity contribution in [2.24, 2.45) is 0 Å². The van der Waals surface area contributed by atoms with Crippen molar-refractivity contribution in [3.63, 3.8) is 0 Å². The van der Waals surface area contributed by atoms with Crippen LogP contribution in [0.3, 0.4) is 0 Å². The predicted molar refractivity (Wildman–Crippen MR) is 95.7 cm³/mol. The molecule has 26 heavy (non-hydrogen) atoms. The van der Waals surface area contributed by atoms with Crippen LogP contribution in [-0.2, 0) is 11.2 Å². The number of carbonyl (C=O) groups excluding carboxylic acids is 1. The molecule has 2 aromatic carbocycles. The first kappa shape index (κ1) is 19.7. The summed E-state index contributed by atoms with van der Waals surface area (Å²) in [6, 6.07) is 6.01. The fourth-order valence-electron chi connectivity index (χ4n) is 2.68. The molecule has 2 rings (SSSR count). The van der Waals surface area contributed by atoms with E-state index in [1.54, 1.807) is 18.2 Å². The molecule has 0 fully saturated rings. The van der Waals surface area contributed by atoms with Gasteiger partial charge < -0.3 is 15.2 Å². The van der Waals surface area contributed by atoms with Crippen molar-refractivity contribution >= 4 is 5.91 Å². The Balaban J connectivity index is 2.32. The van der Waals surface area contributed by atoms with E-state index < -0.39 is 17.5 Å². The number of aromatic hydroxyl groups is 1. The number of rotatable bonds is 6. The highest BCUT2D eigenvalue weighted by Gasteiger charge is 2.18. The fraction of sp³-hybridized carbons (Fsp3) is 0.350. The Hall–Kier alpha value is -2.63. The number of ether oxygens (including phenoxy) is 1. The van der Waals surface area contributed by atoms with Gasteiger partial charge in [0.1, 0.15) is 11.6 Å². The van der Waals surface area contributed by atoms with Crippen LogP contribution in [0.4, 0.5) is 8.78 Å². The number of nitrogens with one attached hydrogen (secondary N) is 1. The van der Waals surface area contributed by atoms with Gasteiger partial charge in [-0.1, -0.05) is 26.0 Å². The van der Waals surface area contributed by atoms with Crippen LogP contribution in [0.15, 0.2) is 24.3 Å². The Morgan fingerprint density at radius 3 is 2.58 bits per heavy atom. The Morgan fingerprint density at radius 2 is 1.96 bits per heavy atom. The first-order valence-electron chi connectivity index (χ1n) is 8.37. The Kier molecular flexibility index (Phi) is 6.18. The number of phenols is 1. The Bertz CT molecular complexity index is 819. The van der Waals surface area contributed by atoms with Crippen LogP contribution < -0.4 is 10.1 Å². The average molecular weight is 363 g/mol. The van der Waals surface area contributed by atoms with E-state index in [-0.39, 0.29) is 41.6 Å². The second-order valence-electron chi connectivity index (χ2n) is 6.46. The molecule has 0 aliphatic heterocycles. The van der Waals surface area contributed by atoms with Crippen molar-refractivity contribution in [2.45, 2.75) is 33.1 Å². The summed E-state index contributed by atoms with van der Waals surface area (Å²) in [5.74, 6) is -1.72. The number of phenolic OH excluding ortho intramolecular Hbond substituents is 1. The van der Waals surface area contributed by atoms with Gasteiger partial charge in [0.2, 0.25) is 0 Å². The van der Waals surface area contributed by atoms with Gasteiger partial charge >= 0.3 is 0 Å². The predicted octanol–water partition coefficient (Wildman–Crippen LogP) is 3.82. The summed E-state index contributed by atoms with van der Waals surface area (Å²) < 4.78 is 34.1. The van der Waals surface area contributed by atoms with E-state index in [2.05, 4.69) is 5.32 Å². The minimum absolute atomic E-state index is 0.109. The molecular weight excluding hydrogens is 340 g/mol. The molecule has 2 N–H and O–H groups in total. The highest BCUT2D eigenvalue weighted by Crippen LogP contribution is 2.31. The highest BCUT2D eigenvalue weighted by molar-refractivity contribution is 5.77. The molecule has 0 atom stereocenters. The van der Waals surface area contributed by atoms with Gasteiger partial charge in [0.05, 0.1) is 0 Å². The van der Waals surface area contributed by atoms with Gasteiger partial charge in [-0.25, -0.2) is 8.78 Å². The van der Waals surface area contributed by atoms with E-state index in [0.717, 1.165) is 17.2 Å². The van der Waals surface area contributed by atoms with E-state index in [9.17, 15) is 18.7 Å². The van der Waals surface area contributed by atoms with Gasteiger partial charge in [0.25, 0.3) is 5.91 Å². The van der Waals surface area contributed by atoms with Gasteiger partial charge in [0.15, 0.2) is 18.2 Å². The molecule has 140 valence electrons. The van der Waals surface area contributed by atoms with Gasteiger partial charge in [-0.3, -0.25) is 4.79 Å². The molecule has 0 unspecified atom stereocenters. The summed E-state index contributed by atoms with van der Waals surface area (Å²) in [6.07, 6.45) is 0.185. The van der Waals surface area contributed by atoms with Gasteiger partial charge in [-0.2, -0.15) is 0 Å². The second kappa shape index (κ2) is 8.17. The summed E-state index contributed by atoms with van der Waals surface area (Å²) in [6.45, 7) is 4.98. The highest BCUT2D eigenvalue weighted by atomic mass is 19.1. The molecule has 2 aromatic rings. The van der Waals surface area contributed by atoms with E-state index in [1.165, 1.54) is 14.0 Å². The van der Waals surface area contributed by atoms with Gasteiger partial charge in [-0.05, 0) is 41.2 Å². The monoisotopic (exact) mass is 363 g/mol. The molecule has 0 bridgehead atoms. The van der Waals surface area contributed by atoms with Crippen molar-refractivity contribution in [2.75, 3.05) is 13.7 Å². The molecule has 0 aliphatic rings. The molecule has 0 saturated heterocycles. The third-order valence-electron chi connectivity index (χ3n) is 4.28. The maximum absolute atomic E-state index is 14.5. The van der Waals surface area contributed by atoms with Crippen LogP contribution in [0.2, 0.25) is 0 Å². The maximum atomic E-state index is 14.5. The Labute approximate surface area is 151 Å². The minimum Gasteiger partial charge on any atom is -0.508 e. The Morgan fingerprint density at radius 1 is 1.27 bits per heavy atom. The van der Waals surface area contributed by atoms with Crippen molar-refractivity contribution in [1.82, 2.24) is 5.32 Å². The molecule has 0 radical (unpaired) electrons.